The highest BCUT2D eigenvalue weighted by molar-refractivity contribution is 4.97. The van der Waals surface area contributed by atoms with Crippen molar-refractivity contribution in [2.24, 2.45) is 0 Å². The van der Waals surface area contributed by atoms with Crippen molar-refractivity contribution in [1.29, 1.82) is 0 Å². The summed E-state index contributed by atoms with van der Waals surface area (Å²) in [6.45, 7) is 4.47. The minimum absolute atomic E-state index is 0.521. The monoisotopic (exact) mass is 278 g/mol. The van der Waals surface area contributed by atoms with Crippen LogP contribution in [-0.2, 0) is 4.74 Å². The largest absolute Gasteiger partial charge is 0.369 e. The van der Waals surface area contributed by atoms with Crippen LogP contribution < -0.4 is 0 Å². The maximum atomic E-state index is 5.50. The maximum Gasteiger partial charge on any atom is 0.0876 e. The molecule has 0 unspecified atom stereocenters. The number of hydrogen-bond acceptors (Lipinski definition) is 1. The first kappa shape index (κ1) is 17.5. The third-order valence-corrected chi connectivity index (χ3v) is 4.04. The predicted octanol–water partition coefficient (Wildman–Crippen LogP) is 6.20. The zero-order chi connectivity index (χ0) is 14.5. The predicted molar refractivity (Wildman–Crippen MR) is 89.1 cm³/mol. The van der Waals surface area contributed by atoms with Crippen molar-refractivity contribution in [3.8, 4) is 0 Å². The fourth-order valence-electron chi connectivity index (χ4n) is 2.58. The fourth-order valence-corrected chi connectivity index (χ4v) is 2.58. The second-order valence-corrected chi connectivity index (χ2v) is 5.95. The van der Waals surface area contributed by atoms with Crippen molar-refractivity contribution in [2.45, 2.75) is 96.7 Å². The van der Waals surface area contributed by atoms with E-state index >= 15 is 0 Å². The Hall–Kier alpha value is -0.560. The van der Waals surface area contributed by atoms with Gasteiger partial charge < -0.3 is 4.74 Å². The normalized spacial score (nSPS) is 22.1. The van der Waals surface area contributed by atoms with E-state index in [1.807, 2.05) is 0 Å². The van der Waals surface area contributed by atoms with Gasteiger partial charge in [0.1, 0.15) is 0 Å². The molecule has 116 valence electrons. The molecule has 0 N–H and O–H groups in total. The highest BCUT2D eigenvalue weighted by atomic mass is 16.6. The second-order valence-electron chi connectivity index (χ2n) is 5.95. The Kier molecular flexibility index (Phi) is 10.7. The lowest BCUT2D eigenvalue weighted by Crippen LogP contribution is -1.88. The highest BCUT2D eigenvalue weighted by Crippen LogP contribution is 2.28. The summed E-state index contributed by atoms with van der Waals surface area (Å²) in [6, 6.07) is 0. The van der Waals surface area contributed by atoms with E-state index in [4.69, 9.17) is 4.74 Å². The number of allylic oxidation sites excluding steroid dienone is 3. The molecular weight excluding hydrogens is 244 g/mol. The lowest BCUT2D eigenvalue weighted by atomic mass is 10.1. The van der Waals surface area contributed by atoms with Crippen LogP contribution in [-0.4, -0.2) is 12.2 Å². The highest BCUT2D eigenvalue weighted by Gasteiger charge is 2.35. The van der Waals surface area contributed by atoms with Crippen LogP contribution in [0.4, 0.5) is 0 Å². The lowest BCUT2D eigenvalue weighted by molar-refractivity contribution is 0.367. The van der Waals surface area contributed by atoms with E-state index in [9.17, 15) is 0 Å². The molecule has 0 aromatic rings. The van der Waals surface area contributed by atoms with Crippen molar-refractivity contribution in [1.82, 2.24) is 0 Å². The molecule has 0 bridgehead atoms. The summed E-state index contributed by atoms with van der Waals surface area (Å²) in [7, 11) is 0. The Morgan fingerprint density at radius 1 is 0.750 bits per heavy atom. The van der Waals surface area contributed by atoms with Gasteiger partial charge in [-0.3, -0.25) is 0 Å². The van der Waals surface area contributed by atoms with Gasteiger partial charge in [-0.05, 0) is 32.1 Å². The van der Waals surface area contributed by atoms with Crippen molar-refractivity contribution < 1.29 is 4.74 Å². The molecule has 0 amide bonds. The summed E-state index contributed by atoms with van der Waals surface area (Å²) in [6.07, 6.45) is 24.7. The van der Waals surface area contributed by atoms with E-state index in [0.29, 0.717) is 12.2 Å². The minimum Gasteiger partial charge on any atom is -0.369 e. The van der Waals surface area contributed by atoms with Crippen LogP contribution in [0, 0.1) is 0 Å². The first-order valence-electron chi connectivity index (χ1n) is 8.84. The summed E-state index contributed by atoms with van der Waals surface area (Å²) in [5, 5.41) is 0. The molecule has 0 saturated carbocycles. The van der Waals surface area contributed by atoms with E-state index in [0.717, 1.165) is 19.3 Å². The molecule has 1 heteroatoms. The average molecular weight is 278 g/mol. The van der Waals surface area contributed by atoms with E-state index < -0.39 is 0 Å². The first-order chi connectivity index (χ1) is 9.88. The topological polar surface area (TPSA) is 12.5 Å². The first-order valence-corrected chi connectivity index (χ1v) is 8.84. The fraction of sp³-hybridized carbons (Fsp3) is 0.789. The van der Waals surface area contributed by atoms with Gasteiger partial charge in [0.25, 0.3) is 0 Å². The SMILES string of the molecule is CCCCCCCCC/C=C/C/C=C/C[C@@H]1O[C@@H]1CC. The summed E-state index contributed by atoms with van der Waals surface area (Å²) in [4.78, 5) is 0. The smallest absolute Gasteiger partial charge is 0.0876 e. The quantitative estimate of drug-likeness (QED) is 0.222. The van der Waals surface area contributed by atoms with Gasteiger partial charge in [-0.15, -0.1) is 0 Å². The average Bonchev–Trinajstić information content (AvgIpc) is 3.22. The van der Waals surface area contributed by atoms with Crippen LogP contribution in [0.1, 0.15) is 84.5 Å². The summed E-state index contributed by atoms with van der Waals surface area (Å²) in [5.74, 6) is 0. The standard InChI is InChI=1S/C19H34O/c1-3-5-6-7-8-9-10-11-12-13-14-15-16-17-19-18(4-2)20-19/h12-13,15-16,18-19H,3-11,14,17H2,1-2H3/b13-12+,16-15+/t18-,19+/m1/s1. The van der Waals surface area contributed by atoms with Crippen molar-refractivity contribution in [2.75, 3.05) is 0 Å². The molecular formula is C19H34O. The summed E-state index contributed by atoms with van der Waals surface area (Å²) >= 11 is 0. The molecule has 1 nitrogen and oxygen atoms in total. The summed E-state index contributed by atoms with van der Waals surface area (Å²) < 4.78 is 5.50. The number of ether oxygens (including phenoxy) is 1. The minimum atomic E-state index is 0.521. The van der Waals surface area contributed by atoms with Crippen LogP contribution in [0.2, 0.25) is 0 Å². The van der Waals surface area contributed by atoms with Crippen LogP contribution in [0.3, 0.4) is 0 Å². The van der Waals surface area contributed by atoms with Crippen LogP contribution in [0.15, 0.2) is 24.3 Å². The molecule has 0 spiro atoms. The van der Waals surface area contributed by atoms with Gasteiger partial charge in [0.2, 0.25) is 0 Å². The third-order valence-electron chi connectivity index (χ3n) is 4.04. The zero-order valence-electron chi connectivity index (χ0n) is 13.7. The van der Waals surface area contributed by atoms with Crippen LogP contribution >= 0.6 is 0 Å². The van der Waals surface area contributed by atoms with Gasteiger partial charge in [0.05, 0.1) is 12.2 Å². The molecule has 1 aliphatic rings. The van der Waals surface area contributed by atoms with Crippen molar-refractivity contribution >= 4 is 0 Å². The number of epoxide rings is 1. The second kappa shape index (κ2) is 12.2. The molecule has 20 heavy (non-hydrogen) atoms. The van der Waals surface area contributed by atoms with Gasteiger partial charge in [0, 0.05) is 0 Å². The van der Waals surface area contributed by atoms with Gasteiger partial charge >= 0.3 is 0 Å². The Labute approximate surface area is 126 Å². The molecule has 1 aliphatic heterocycles. The molecule has 2 atom stereocenters. The molecule has 0 aromatic carbocycles. The number of hydrogen-bond donors (Lipinski definition) is 0. The Bertz CT molecular complexity index is 267. The van der Waals surface area contributed by atoms with E-state index in [1.165, 1.54) is 51.4 Å². The maximum absolute atomic E-state index is 5.50. The molecule has 1 heterocycles. The Morgan fingerprint density at radius 3 is 2.15 bits per heavy atom. The summed E-state index contributed by atoms with van der Waals surface area (Å²) in [5.41, 5.74) is 0. The van der Waals surface area contributed by atoms with Gasteiger partial charge in [-0.25, -0.2) is 0 Å². The zero-order valence-corrected chi connectivity index (χ0v) is 13.7. The molecule has 0 aliphatic carbocycles. The lowest BCUT2D eigenvalue weighted by Gasteiger charge is -1.98. The number of rotatable bonds is 13. The van der Waals surface area contributed by atoms with Crippen LogP contribution in [0.5, 0.6) is 0 Å². The van der Waals surface area contributed by atoms with E-state index in [-0.39, 0.29) is 0 Å². The van der Waals surface area contributed by atoms with E-state index in [2.05, 4.69) is 38.2 Å². The molecule has 1 fully saturated rings. The third kappa shape index (κ3) is 9.36. The molecule has 1 rings (SSSR count). The Balaban J connectivity index is 1.79. The van der Waals surface area contributed by atoms with Gasteiger partial charge in [-0.1, -0.05) is 76.7 Å². The molecule has 0 radical (unpaired) electrons. The molecule has 1 saturated heterocycles. The van der Waals surface area contributed by atoms with E-state index in [1.54, 1.807) is 0 Å². The van der Waals surface area contributed by atoms with Gasteiger partial charge in [-0.2, -0.15) is 0 Å². The van der Waals surface area contributed by atoms with Gasteiger partial charge in [0.15, 0.2) is 0 Å². The van der Waals surface area contributed by atoms with Crippen molar-refractivity contribution in [3.05, 3.63) is 24.3 Å². The number of unbranched alkanes of at least 4 members (excludes halogenated alkanes) is 7. The van der Waals surface area contributed by atoms with Crippen LogP contribution in [0.25, 0.3) is 0 Å². The Morgan fingerprint density at radius 2 is 1.45 bits per heavy atom. The van der Waals surface area contributed by atoms with Crippen molar-refractivity contribution in [3.63, 3.8) is 0 Å². The molecule has 0 aromatic heterocycles.